The van der Waals surface area contributed by atoms with Gasteiger partial charge in [0.05, 0.1) is 41.6 Å². The third-order valence-corrected chi connectivity index (χ3v) is 7.03. The fourth-order valence-corrected chi connectivity index (χ4v) is 5.64. The van der Waals surface area contributed by atoms with E-state index in [1.165, 1.54) is 7.11 Å². The van der Waals surface area contributed by atoms with E-state index in [9.17, 15) is 18.0 Å². The summed E-state index contributed by atoms with van der Waals surface area (Å²) in [5.41, 5.74) is 2.73. The molecule has 0 unspecified atom stereocenters. The van der Waals surface area contributed by atoms with Crippen LogP contribution in [0.25, 0.3) is 0 Å². The molecule has 0 bridgehead atoms. The molecular weight excluding hydrogens is 382 g/mol. The second kappa shape index (κ2) is 7.05. The summed E-state index contributed by atoms with van der Waals surface area (Å²) in [6.45, 7) is 0. The number of benzene rings is 1. The molecule has 1 aliphatic carbocycles. The van der Waals surface area contributed by atoms with Crippen molar-refractivity contribution in [2.45, 2.75) is 31.7 Å². The zero-order chi connectivity index (χ0) is 19.9. The van der Waals surface area contributed by atoms with Crippen molar-refractivity contribution >= 4 is 27.4 Å². The number of nitrogens with one attached hydrogen (secondary N) is 1. The minimum absolute atomic E-state index is 0.00735. The number of amides is 1. The van der Waals surface area contributed by atoms with Crippen molar-refractivity contribution in [3.63, 3.8) is 0 Å². The zero-order valence-corrected chi connectivity index (χ0v) is 16.3. The summed E-state index contributed by atoms with van der Waals surface area (Å²) in [4.78, 5) is 25.1. The summed E-state index contributed by atoms with van der Waals surface area (Å²) in [7, 11) is -1.83. The maximum atomic E-state index is 13.2. The predicted molar refractivity (Wildman–Crippen MR) is 102 cm³/mol. The molecule has 1 aromatic carbocycles. The van der Waals surface area contributed by atoms with Gasteiger partial charge in [0.25, 0.3) is 5.91 Å². The van der Waals surface area contributed by atoms with Crippen molar-refractivity contribution in [3.8, 4) is 0 Å². The third kappa shape index (κ3) is 3.30. The molecule has 1 fully saturated rings. The Morgan fingerprint density at radius 2 is 2.04 bits per heavy atom. The first-order chi connectivity index (χ1) is 13.4. The van der Waals surface area contributed by atoms with Crippen molar-refractivity contribution in [2.24, 2.45) is 0 Å². The van der Waals surface area contributed by atoms with E-state index in [0.29, 0.717) is 17.8 Å². The molecule has 2 aliphatic rings. The number of aromatic nitrogens is 2. The second-order valence-electron chi connectivity index (χ2n) is 7.12. The van der Waals surface area contributed by atoms with Gasteiger partial charge in [-0.2, -0.15) is 5.10 Å². The lowest BCUT2D eigenvalue weighted by Gasteiger charge is -2.15. The Bertz CT molecular complexity index is 1060. The highest BCUT2D eigenvalue weighted by Crippen LogP contribution is 2.32. The Morgan fingerprint density at radius 1 is 1.25 bits per heavy atom. The largest absolute Gasteiger partial charge is 0.465 e. The van der Waals surface area contributed by atoms with Gasteiger partial charge < -0.3 is 10.1 Å². The Labute approximate surface area is 162 Å². The van der Waals surface area contributed by atoms with Crippen LogP contribution >= 0.6 is 0 Å². The molecule has 9 heteroatoms. The Morgan fingerprint density at radius 3 is 2.75 bits per heavy atom. The summed E-state index contributed by atoms with van der Waals surface area (Å²) in [5.74, 6) is -0.839. The minimum Gasteiger partial charge on any atom is -0.465 e. The third-order valence-electron chi connectivity index (χ3n) is 5.28. The number of sulfone groups is 1. The molecule has 0 saturated carbocycles. The van der Waals surface area contributed by atoms with Crippen LogP contribution in [0.15, 0.2) is 24.3 Å². The molecule has 28 heavy (non-hydrogen) atoms. The average Bonchev–Trinajstić information content (AvgIpc) is 3.34. The highest BCUT2D eigenvalue weighted by atomic mass is 32.2. The zero-order valence-electron chi connectivity index (χ0n) is 15.5. The van der Waals surface area contributed by atoms with Gasteiger partial charge in [0.1, 0.15) is 5.69 Å². The van der Waals surface area contributed by atoms with E-state index in [1.807, 2.05) is 0 Å². The summed E-state index contributed by atoms with van der Waals surface area (Å²) in [5, 5.41) is 7.37. The van der Waals surface area contributed by atoms with Gasteiger partial charge in [-0.05, 0) is 37.8 Å². The van der Waals surface area contributed by atoms with E-state index in [2.05, 4.69) is 10.4 Å². The first kappa shape index (κ1) is 18.7. The van der Waals surface area contributed by atoms with Gasteiger partial charge in [-0.1, -0.05) is 12.1 Å². The molecule has 4 rings (SSSR count). The maximum Gasteiger partial charge on any atom is 0.339 e. The van der Waals surface area contributed by atoms with Crippen LogP contribution < -0.4 is 5.32 Å². The molecule has 1 amide bonds. The van der Waals surface area contributed by atoms with Gasteiger partial charge in [0.2, 0.25) is 0 Å². The molecule has 8 nitrogen and oxygen atoms in total. The number of aryl methyl sites for hydroxylation is 1. The Hall–Kier alpha value is -2.68. The fraction of sp³-hybridized carbons (Fsp3) is 0.421. The summed E-state index contributed by atoms with van der Waals surface area (Å²) < 4.78 is 30.2. The first-order valence-electron chi connectivity index (χ1n) is 9.19. The number of esters is 1. The number of fused-ring (bicyclic) bond motifs is 1. The van der Waals surface area contributed by atoms with E-state index in [-0.39, 0.29) is 23.1 Å². The van der Waals surface area contributed by atoms with Gasteiger partial charge >= 0.3 is 5.97 Å². The van der Waals surface area contributed by atoms with Crippen molar-refractivity contribution in [1.29, 1.82) is 0 Å². The molecule has 0 radical (unpaired) electrons. The molecule has 1 N–H and O–H groups in total. The molecule has 2 aromatic rings. The topological polar surface area (TPSA) is 107 Å². The van der Waals surface area contributed by atoms with Gasteiger partial charge in [-0.25, -0.2) is 13.2 Å². The smallest absolute Gasteiger partial charge is 0.339 e. The van der Waals surface area contributed by atoms with Crippen molar-refractivity contribution in [1.82, 2.24) is 9.78 Å². The number of para-hydroxylation sites is 1. The van der Waals surface area contributed by atoms with Crippen LogP contribution in [-0.2, 0) is 27.4 Å². The fourth-order valence-electron chi connectivity index (χ4n) is 3.95. The number of carbonyl (C=O) groups is 2. The van der Waals surface area contributed by atoms with Crippen molar-refractivity contribution in [3.05, 3.63) is 46.8 Å². The van der Waals surface area contributed by atoms with Crippen LogP contribution in [-0.4, -0.2) is 48.7 Å². The first-order valence-corrected chi connectivity index (χ1v) is 11.0. The molecule has 2 heterocycles. The highest BCUT2D eigenvalue weighted by molar-refractivity contribution is 7.91. The number of hydrogen-bond donors (Lipinski definition) is 1. The number of carbonyl (C=O) groups excluding carboxylic acids is 2. The lowest BCUT2D eigenvalue weighted by atomic mass is 10.1. The number of methoxy groups -OCH3 is 1. The monoisotopic (exact) mass is 403 g/mol. The van der Waals surface area contributed by atoms with Crippen molar-refractivity contribution in [2.75, 3.05) is 23.9 Å². The summed E-state index contributed by atoms with van der Waals surface area (Å²) >= 11 is 0. The van der Waals surface area contributed by atoms with E-state index >= 15 is 0 Å². The molecule has 0 spiro atoms. The van der Waals surface area contributed by atoms with Crippen LogP contribution in [0.3, 0.4) is 0 Å². The van der Waals surface area contributed by atoms with Crippen LogP contribution in [0.4, 0.5) is 5.69 Å². The molecule has 1 saturated heterocycles. The lowest BCUT2D eigenvalue weighted by molar-refractivity contribution is 0.0602. The Balaban J connectivity index is 1.70. The van der Waals surface area contributed by atoms with Crippen LogP contribution in [0, 0.1) is 0 Å². The highest BCUT2D eigenvalue weighted by Gasteiger charge is 2.35. The number of ether oxygens (including phenoxy) is 1. The standard InChI is InChI=1S/C19H21N3O5S/c1-27-19(24)14-5-2-3-7-15(14)20-18(23)17-13-6-4-8-16(13)21-22(17)12-9-10-28(25,26)11-12/h2-3,5,7,12H,4,6,8-11H2,1H3,(H,20,23)/t12-/m1/s1. The van der Waals surface area contributed by atoms with E-state index < -0.39 is 21.7 Å². The normalized spacial score (nSPS) is 20.0. The van der Waals surface area contributed by atoms with E-state index in [1.54, 1.807) is 28.9 Å². The minimum atomic E-state index is -3.11. The van der Waals surface area contributed by atoms with E-state index in [4.69, 9.17) is 4.74 Å². The maximum absolute atomic E-state index is 13.2. The molecule has 1 aromatic heterocycles. The molecule has 148 valence electrons. The second-order valence-corrected chi connectivity index (χ2v) is 9.35. The van der Waals surface area contributed by atoms with E-state index in [0.717, 1.165) is 30.5 Å². The average molecular weight is 403 g/mol. The SMILES string of the molecule is COC(=O)c1ccccc1NC(=O)c1c2c(nn1[C@@H]1CCS(=O)(=O)C1)CCC2. The summed E-state index contributed by atoms with van der Waals surface area (Å²) in [6, 6.07) is 6.27. The Kier molecular flexibility index (Phi) is 4.70. The van der Waals surface area contributed by atoms with Crippen LogP contribution in [0.2, 0.25) is 0 Å². The van der Waals surface area contributed by atoms with Crippen LogP contribution in [0.1, 0.15) is 51.0 Å². The number of nitrogens with zero attached hydrogens (tertiary/aromatic N) is 2. The van der Waals surface area contributed by atoms with Gasteiger partial charge in [-0.3, -0.25) is 9.48 Å². The predicted octanol–water partition coefficient (Wildman–Crippen LogP) is 1.77. The number of rotatable bonds is 4. The van der Waals surface area contributed by atoms with Gasteiger partial charge in [-0.15, -0.1) is 0 Å². The molecule has 1 atom stereocenters. The molecular formula is C19H21N3O5S. The number of hydrogen-bond acceptors (Lipinski definition) is 6. The van der Waals surface area contributed by atoms with Crippen LogP contribution in [0.5, 0.6) is 0 Å². The molecule has 1 aliphatic heterocycles. The van der Waals surface area contributed by atoms with Gasteiger partial charge in [0.15, 0.2) is 9.84 Å². The quantitative estimate of drug-likeness (QED) is 0.780. The lowest BCUT2D eigenvalue weighted by Crippen LogP contribution is -2.24. The number of anilines is 1. The van der Waals surface area contributed by atoms with Gasteiger partial charge in [0, 0.05) is 5.56 Å². The summed E-state index contributed by atoms with van der Waals surface area (Å²) in [6.07, 6.45) is 2.87. The van der Waals surface area contributed by atoms with Crippen molar-refractivity contribution < 1.29 is 22.7 Å².